The molecular formula is C33H26Cl2N2O6. The largest absolute Gasteiger partial charge is 0.493 e. The van der Waals surface area contributed by atoms with Gasteiger partial charge in [-0.3, -0.25) is 14.9 Å². The Kier molecular flexibility index (Phi) is 8.99. The Morgan fingerprint density at radius 1 is 0.791 bits per heavy atom. The van der Waals surface area contributed by atoms with E-state index in [4.69, 9.17) is 37.4 Å². The molecule has 8 nitrogen and oxygen atoms in total. The first kappa shape index (κ1) is 29.7. The maximum absolute atomic E-state index is 13.5. The third-order valence-electron chi connectivity index (χ3n) is 6.71. The topological polar surface area (TPSA) is 94.2 Å². The molecule has 5 rings (SSSR count). The maximum Gasteiger partial charge on any atom is 0.335 e. The molecule has 4 amide bonds. The predicted octanol–water partition coefficient (Wildman–Crippen LogP) is 7.13. The number of nitrogens with zero attached hydrogens (tertiary/aromatic N) is 1. The number of amides is 4. The van der Waals surface area contributed by atoms with E-state index in [9.17, 15) is 14.4 Å². The van der Waals surface area contributed by atoms with Crippen molar-refractivity contribution in [1.82, 2.24) is 5.32 Å². The quantitative estimate of drug-likeness (QED) is 0.159. The summed E-state index contributed by atoms with van der Waals surface area (Å²) in [6.07, 6.45) is 1.35. The Hall–Kier alpha value is -4.79. The Morgan fingerprint density at radius 3 is 2.28 bits per heavy atom. The molecule has 1 saturated heterocycles. The summed E-state index contributed by atoms with van der Waals surface area (Å²) < 4.78 is 17.6. The number of imide groups is 2. The lowest BCUT2D eigenvalue weighted by Gasteiger charge is -2.27. The van der Waals surface area contributed by atoms with E-state index >= 15 is 0 Å². The van der Waals surface area contributed by atoms with Crippen LogP contribution < -0.4 is 24.4 Å². The minimum atomic E-state index is -0.870. The molecule has 0 unspecified atom stereocenters. The lowest BCUT2D eigenvalue weighted by molar-refractivity contribution is -0.122. The highest BCUT2D eigenvalue weighted by atomic mass is 35.5. The molecule has 1 aliphatic heterocycles. The fourth-order valence-electron chi connectivity index (χ4n) is 4.45. The number of methoxy groups -OCH3 is 1. The van der Waals surface area contributed by atoms with E-state index in [-0.39, 0.29) is 17.9 Å². The molecule has 0 saturated carbocycles. The molecule has 1 N–H and O–H groups in total. The Labute approximate surface area is 258 Å². The number of anilines is 1. The summed E-state index contributed by atoms with van der Waals surface area (Å²) in [6.45, 7) is 2.21. The number of rotatable bonds is 9. The number of benzene rings is 4. The summed E-state index contributed by atoms with van der Waals surface area (Å²) in [7, 11) is 1.56. The summed E-state index contributed by atoms with van der Waals surface area (Å²) >= 11 is 12.5. The third kappa shape index (κ3) is 6.66. The maximum atomic E-state index is 13.5. The van der Waals surface area contributed by atoms with Gasteiger partial charge >= 0.3 is 6.03 Å². The molecule has 0 spiro atoms. The summed E-state index contributed by atoms with van der Waals surface area (Å²) in [5.74, 6) is -0.152. The van der Waals surface area contributed by atoms with Gasteiger partial charge in [-0.05, 0) is 72.2 Å². The number of urea groups is 1. The van der Waals surface area contributed by atoms with Gasteiger partial charge < -0.3 is 14.2 Å². The predicted molar refractivity (Wildman–Crippen MR) is 165 cm³/mol. The number of carbonyl (C=O) groups excluding carboxylic acids is 3. The monoisotopic (exact) mass is 616 g/mol. The number of ether oxygens (including phenoxy) is 3. The average molecular weight is 617 g/mol. The highest BCUT2D eigenvalue weighted by Gasteiger charge is 2.37. The minimum absolute atomic E-state index is 0.138. The molecule has 0 aliphatic carbocycles. The van der Waals surface area contributed by atoms with Crippen LogP contribution in [0, 0.1) is 6.92 Å². The second kappa shape index (κ2) is 13.0. The van der Waals surface area contributed by atoms with E-state index < -0.39 is 17.8 Å². The van der Waals surface area contributed by atoms with Crippen LogP contribution in [0.25, 0.3) is 6.08 Å². The molecule has 4 aromatic rings. The number of halogens is 2. The second-order valence-electron chi connectivity index (χ2n) is 9.57. The molecule has 0 radical (unpaired) electrons. The first-order valence-electron chi connectivity index (χ1n) is 13.2. The molecule has 10 heteroatoms. The van der Waals surface area contributed by atoms with Crippen LogP contribution in [0.5, 0.6) is 17.2 Å². The summed E-state index contributed by atoms with van der Waals surface area (Å²) in [5.41, 5.74) is 2.70. The Morgan fingerprint density at radius 2 is 1.51 bits per heavy atom. The molecular weight excluding hydrogens is 591 g/mol. The third-order valence-corrected chi connectivity index (χ3v) is 7.36. The van der Waals surface area contributed by atoms with Gasteiger partial charge in [-0.2, -0.15) is 0 Å². The lowest BCUT2D eigenvalue weighted by Crippen LogP contribution is -2.54. The van der Waals surface area contributed by atoms with Gasteiger partial charge in [0.15, 0.2) is 11.5 Å². The van der Waals surface area contributed by atoms with Gasteiger partial charge in [0.05, 0.1) is 12.8 Å². The van der Waals surface area contributed by atoms with Gasteiger partial charge in [-0.1, -0.05) is 65.7 Å². The molecule has 0 bridgehead atoms. The molecule has 1 heterocycles. The fourth-order valence-corrected chi connectivity index (χ4v) is 4.80. The van der Waals surface area contributed by atoms with Gasteiger partial charge in [0.2, 0.25) is 0 Å². The Balaban J connectivity index is 1.37. The van der Waals surface area contributed by atoms with Crippen LogP contribution in [-0.4, -0.2) is 25.0 Å². The Bertz CT molecular complexity index is 1740. The lowest BCUT2D eigenvalue weighted by atomic mass is 10.0. The summed E-state index contributed by atoms with van der Waals surface area (Å²) in [4.78, 5) is 39.8. The molecule has 4 aromatic carbocycles. The standard InChI is InChI=1S/C33H26Cl2N2O6/c1-20-26(35)9-6-10-27(20)37-32(39)25(31(38)36-33(37)40)17-23-16-24(34)12-14-28(23)42-19-22-11-13-29(30(15-22)41-2)43-18-21-7-4-3-5-8-21/h3-17H,18-19H2,1-2H3,(H,36,38,40)/b25-17-. The zero-order chi connectivity index (χ0) is 30.5. The minimum Gasteiger partial charge on any atom is -0.493 e. The van der Waals surface area contributed by atoms with Crippen LogP contribution >= 0.6 is 23.2 Å². The van der Waals surface area contributed by atoms with Gasteiger partial charge in [0.25, 0.3) is 11.8 Å². The molecule has 1 fully saturated rings. The van der Waals surface area contributed by atoms with Crippen molar-refractivity contribution < 1.29 is 28.6 Å². The van der Waals surface area contributed by atoms with Crippen molar-refractivity contribution in [3.05, 3.63) is 123 Å². The van der Waals surface area contributed by atoms with Crippen molar-refractivity contribution >= 4 is 52.8 Å². The summed E-state index contributed by atoms with van der Waals surface area (Å²) in [6, 6.07) is 24.1. The van der Waals surface area contributed by atoms with Crippen molar-refractivity contribution in [3.63, 3.8) is 0 Å². The fraction of sp³-hybridized carbons (Fsp3) is 0.121. The SMILES string of the molecule is COc1cc(COc2ccc(Cl)cc2/C=C2/C(=O)NC(=O)N(c3cccc(Cl)c3C)C2=O)ccc1OCc1ccccc1. The average Bonchev–Trinajstić information content (AvgIpc) is 3.00. The van der Waals surface area contributed by atoms with Crippen LogP contribution in [0.4, 0.5) is 10.5 Å². The molecule has 0 atom stereocenters. The van der Waals surface area contributed by atoms with E-state index in [0.29, 0.717) is 45.0 Å². The molecule has 218 valence electrons. The normalized spacial score (nSPS) is 14.1. The number of hydrogen-bond acceptors (Lipinski definition) is 6. The highest BCUT2D eigenvalue weighted by molar-refractivity contribution is 6.40. The van der Waals surface area contributed by atoms with E-state index in [1.54, 1.807) is 56.5 Å². The van der Waals surface area contributed by atoms with Gasteiger partial charge in [0, 0.05) is 15.6 Å². The van der Waals surface area contributed by atoms with E-state index in [2.05, 4.69) is 5.32 Å². The number of carbonyl (C=O) groups is 3. The van der Waals surface area contributed by atoms with Crippen molar-refractivity contribution in [2.24, 2.45) is 0 Å². The zero-order valence-electron chi connectivity index (χ0n) is 23.2. The first-order valence-corrected chi connectivity index (χ1v) is 13.9. The first-order chi connectivity index (χ1) is 20.7. The van der Waals surface area contributed by atoms with E-state index in [1.807, 2.05) is 42.5 Å². The van der Waals surface area contributed by atoms with Crippen molar-refractivity contribution in [1.29, 1.82) is 0 Å². The van der Waals surface area contributed by atoms with Gasteiger partial charge in [0.1, 0.15) is 24.5 Å². The molecule has 1 aliphatic rings. The van der Waals surface area contributed by atoms with Crippen LogP contribution in [-0.2, 0) is 22.8 Å². The van der Waals surface area contributed by atoms with Crippen LogP contribution in [0.3, 0.4) is 0 Å². The van der Waals surface area contributed by atoms with Crippen molar-refractivity contribution in [3.8, 4) is 17.2 Å². The van der Waals surface area contributed by atoms with Crippen LogP contribution in [0.2, 0.25) is 10.0 Å². The number of hydrogen-bond donors (Lipinski definition) is 1. The highest BCUT2D eigenvalue weighted by Crippen LogP contribution is 2.33. The number of barbiturate groups is 1. The van der Waals surface area contributed by atoms with Gasteiger partial charge in [-0.15, -0.1) is 0 Å². The van der Waals surface area contributed by atoms with Crippen molar-refractivity contribution in [2.45, 2.75) is 20.1 Å². The molecule has 43 heavy (non-hydrogen) atoms. The second-order valence-corrected chi connectivity index (χ2v) is 10.4. The number of nitrogens with one attached hydrogen (secondary N) is 1. The molecule has 0 aromatic heterocycles. The smallest absolute Gasteiger partial charge is 0.335 e. The van der Waals surface area contributed by atoms with Crippen LogP contribution in [0.15, 0.2) is 90.5 Å². The zero-order valence-corrected chi connectivity index (χ0v) is 24.7. The van der Waals surface area contributed by atoms with Crippen LogP contribution in [0.1, 0.15) is 22.3 Å². The van der Waals surface area contributed by atoms with E-state index in [1.165, 1.54) is 6.08 Å². The van der Waals surface area contributed by atoms with E-state index in [0.717, 1.165) is 16.0 Å². The van der Waals surface area contributed by atoms with Gasteiger partial charge in [-0.25, -0.2) is 9.69 Å². The van der Waals surface area contributed by atoms with Crippen molar-refractivity contribution in [2.75, 3.05) is 12.0 Å². The summed E-state index contributed by atoms with van der Waals surface area (Å²) in [5, 5.41) is 2.96.